The summed E-state index contributed by atoms with van der Waals surface area (Å²) in [5.74, 6) is -3.31. The SMILES string of the molecule is CCC(CO)OC(COC(=O)CCC(=O)NCC(=O)OC)OC.CCC(CO)OC(COC(=O)CCC(=O)O)OC. The average molecular weight is 600 g/mol. The maximum absolute atomic E-state index is 11.5. The first kappa shape index (κ1) is 40.2. The van der Waals surface area contributed by atoms with Gasteiger partial charge in [-0.25, -0.2) is 0 Å². The maximum Gasteiger partial charge on any atom is 0.325 e. The van der Waals surface area contributed by atoms with Crippen LogP contribution in [0.4, 0.5) is 0 Å². The number of ether oxygens (including phenoxy) is 7. The van der Waals surface area contributed by atoms with Crippen LogP contribution in [0.3, 0.4) is 0 Å². The molecule has 1 amide bonds. The van der Waals surface area contributed by atoms with Crippen molar-refractivity contribution in [1.29, 1.82) is 0 Å². The van der Waals surface area contributed by atoms with E-state index >= 15 is 0 Å². The fraction of sp³-hybridized carbons (Fsp3) is 0.800. The van der Waals surface area contributed by atoms with Gasteiger partial charge in [-0.15, -0.1) is 0 Å². The van der Waals surface area contributed by atoms with Gasteiger partial charge in [0, 0.05) is 20.6 Å². The lowest BCUT2D eigenvalue weighted by molar-refractivity contribution is -0.195. The van der Waals surface area contributed by atoms with E-state index in [1.807, 2.05) is 13.8 Å². The number of carboxylic acid groups (broad SMARTS) is 1. The Morgan fingerprint density at radius 1 is 0.683 bits per heavy atom. The summed E-state index contributed by atoms with van der Waals surface area (Å²) in [4.78, 5) is 55.1. The Morgan fingerprint density at radius 3 is 1.46 bits per heavy atom. The summed E-state index contributed by atoms with van der Waals surface area (Å²) in [6, 6.07) is 0. The Labute approximate surface area is 239 Å². The minimum atomic E-state index is -1.06. The number of aliphatic carboxylic acids is 1. The number of hydrogen-bond donors (Lipinski definition) is 4. The molecule has 0 saturated carbocycles. The number of hydrogen-bond acceptors (Lipinski definition) is 14. The molecule has 0 aromatic carbocycles. The van der Waals surface area contributed by atoms with E-state index in [0.717, 1.165) is 0 Å². The third-order valence-electron chi connectivity index (χ3n) is 5.05. The van der Waals surface area contributed by atoms with Crippen LogP contribution in [0, 0.1) is 0 Å². The molecule has 0 spiro atoms. The number of amides is 1. The van der Waals surface area contributed by atoms with E-state index in [1.54, 1.807) is 0 Å². The minimum absolute atomic E-state index is 0.109. The highest BCUT2D eigenvalue weighted by atomic mass is 16.7. The monoisotopic (exact) mass is 599 g/mol. The zero-order chi connectivity index (χ0) is 31.6. The van der Waals surface area contributed by atoms with Crippen LogP contribution in [0.1, 0.15) is 52.4 Å². The average Bonchev–Trinajstić information content (AvgIpc) is 2.98. The van der Waals surface area contributed by atoms with Crippen LogP contribution in [0.5, 0.6) is 0 Å². The normalized spacial score (nSPS) is 13.4. The highest BCUT2D eigenvalue weighted by molar-refractivity contribution is 5.84. The van der Waals surface area contributed by atoms with Crippen LogP contribution < -0.4 is 5.32 Å². The van der Waals surface area contributed by atoms with Crippen LogP contribution in [-0.4, -0.2) is 124 Å². The number of carbonyl (C=O) groups is 5. The zero-order valence-electron chi connectivity index (χ0n) is 24.3. The highest BCUT2D eigenvalue weighted by Crippen LogP contribution is 2.06. The van der Waals surface area contributed by atoms with Crippen molar-refractivity contribution in [2.24, 2.45) is 0 Å². The zero-order valence-corrected chi connectivity index (χ0v) is 24.3. The molecule has 4 N–H and O–H groups in total. The van der Waals surface area contributed by atoms with Crippen molar-refractivity contribution in [1.82, 2.24) is 5.32 Å². The summed E-state index contributed by atoms with van der Waals surface area (Å²) in [5, 5.41) is 28.7. The molecule has 4 atom stereocenters. The van der Waals surface area contributed by atoms with Crippen LogP contribution in [0.2, 0.25) is 0 Å². The Balaban J connectivity index is 0. The predicted octanol–water partition coefficient (Wildman–Crippen LogP) is -0.487. The van der Waals surface area contributed by atoms with E-state index in [4.69, 9.17) is 43.7 Å². The second kappa shape index (κ2) is 26.0. The van der Waals surface area contributed by atoms with Gasteiger partial charge in [0.2, 0.25) is 5.91 Å². The van der Waals surface area contributed by atoms with Gasteiger partial charge >= 0.3 is 23.9 Å². The molecular formula is C25H45NO15. The van der Waals surface area contributed by atoms with Gasteiger partial charge in [0.05, 0.1) is 51.8 Å². The van der Waals surface area contributed by atoms with E-state index in [1.165, 1.54) is 21.3 Å². The Bertz CT molecular complexity index is 741. The van der Waals surface area contributed by atoms with Gasteiger partial charge in [0.1, 0.15) is 19.8 Å². The third-order valence-corrected chi connectivity index (χ3v) is 5.05. The number of methoxy groups -OCH3 is 3. The molecule has 0 rings (SSSR count). The van der Waals surface area contributed by atoms with Gasteiger partial charge in [-0.1, -0.05) is 13.8 Å². The molecule has 0 aliphatic heterocycles. The number of aliphatic hydroxyl groups excluding tert-OH is 2. The Morgan fingerprint density at radius 2 is 1.12 bits per heavy atom. The maximum atomic E-state index is 11.5. The van der Waals surface area contributed by atoms with Crippen molar-refractivity contribution in [2.45, 2.75) is 77.2 Å². The molecule has 0 bridgehead atoms. The van der Waals surface area contributed by atoms with Crippen molar-refractivity contribution in [3.8, 4) is 0 Å². The summed E-state index contributed by atoms with van der Waals surface area (Å²) >= 11 is 0. The number of esters is 3. The molecule has 0 fully saturated rings. The second-order valence-electron chi connectivity index (χ2n) is 8.14. The lowest BCUT2D eigenvalue weighted by Gasteiger charge is -2.21. The lowest BCUT2D eigenvalue weighted by atomic mass is 10.3. The fourth-order valence-electron chi connectivity index (χ4n) is 2.51. The van der Waals surface area contributed by atoms with Crippen LogP contribution in [0.25, 0.3) is 0 Å². The van der Waals surface area contributed by atoms with E-state index in [0.29, 0.717) is 12.8 Å². The fourth-order valence-corrected chi connectivity index (χ4v) is 2.51. The van der Waals surface area contributed by atoms with Gasteiger partial charge in [-0.3, -0.25) is 24.0 Å². The summed E-state index contributed by atoms with van der Waals surface area (Å²) < 4.78 is 34.7. The van der Waals surface area contributed by atoms with E-state index < -0.39 is 48.5 Å². The summed E-state index contributed by atoms with van der Waals surface area (Å²) in [5.41, 5.74) is 0. The van der Waals surface area contributed by atoms with E-state index in [2.05, 4.69) is 10.1 Å². The molecule has 0 heterocycles. The highest BCUT2D eigenvalue weighted by Gasteiger charge is 2.18. The molecule has 4 unspecified atom stereocenters. The molecule has 16 heteroatoms. The Kier molecular flexibility index (Phi) is 25.6. The van der Waals surface area contributed by atoms with Crippen molar-refractivity contribution < 1.29 is 72.5 Å². The largest absolute Gasteiger partial charge is 0.481 e. The topological polar surface area (TPSA) is 223 Å². The second-order valence-corrected chi connectivity index (χ2v) is 8.14. The Hall–Kier alpha value is -2.89. The molecule has 0 aliphatic rings. The number of carboxylic acids is 1. The molecular weight excluding hydrogens is 554 g/mol. The van der Waals surface area contributed by atoms with Gasteiger partial charge in [-0.2, -0.15) is 0 Å². The molecule has 240 valence electrons. The molecule has 0 saturated heterocycles. The van der Waals surface area contributed by atoms with Crippen molar-refractivity contribution in [3.63, 3.8) is 0 Å². The first-order valence-corrected chi connectivity index (χ1v) is 12.9. The van der Waals surface area contributed by atoms with Gasteiger partial charge in [0.25, 0.3) is 0 Å². The predicted molar refractivity (Wildman–Crippen MR) is 139 cm³/mol. The summed E-state index contributed by atoms with van der Waals surface area (Å²) in [6.45, 7) is 2.84. The number of aliphatic hydroxyl groups is 2. The smallest absolute Gasteiger partial charge is 0.325 e. The van der Waals surface area contributed by atoms with Gasteiger partial charge < -0.3 is 53.8 Å². The molecule has 0 aromatic rings. The van der Waals surface area contributed by atoms with E-state index in [9.17, 15) is 24.0 Å². The van der Waals surface area contributed by atoms with Crippen LogP contribution in [-0.2, 0) is 57.1 Å². The third kappa shape index (κ3) is 23.5. The first-order chi connectivity index (χ1) is 19.5. The van der Waals surface area contributed by atoms with Crippen molar-refractivity contribution in [2.75, 3.05) is 54.3 Å². The number of nitrogens with one attached hydrogen (secondary N) is 1. The minimum Gasteiger partial charge on any atom is -0.481 e. The summed E-state index contributed by atoms with van der Waals surface area (Å²) in [7, 11) is 3.99. The quantitative estimate of drug-likeness (QED) is 0.0700. The van der Waals surface area contributed by atoms with Gasteiger partial charge in [-0.05, 0) is 12.8 Å². The lowest BCUT2D eigenvalue weighted by Crippen LogP contribution is -2.32. The number of carbonyl (C=O) groups excluding carboxylic acids is 4. The van der Waals surface area contributed by atoms with Crippen LogP contribution >= 0.6 is 0 Å². The van der Waals surface area contributed by atoms with Crippen molar-refractivity contribution in [3.05, 3.63) is 0 Å². The molecule has 0 aliphatic carbocycles. The standard InChI is InChI=1S/C14H25NO8.C11H20O7/c1-4-10(8-16)23-14(21-3)9-22-12(18)6-5-11(17)15-7-13(19)20-2;1-3-8(6-12)18-11(16-2)7-17-10(15)5-4-9(13)14/h10,14,16H,4-9H2,1-3H3,(H,15,17);8,11-12H,3-7H2,1-2H3,(H,13,14). The molecule has 16 nitrogen and oxygen atoms in total. The van der Waals surface area contributed by atoms with Crippen molar-refractivity contribution >= 4 is 29.8 Å². The molecule has 0 aromatic heterocycles. The molecule has 0 radical (unpaired) electrons. The van der Waals surface area contributed by atoms with E-state index in [-0.39, 0.29) is 64.8 Å². The first-order valence-electron chi connectivity index (χ1n) is 12.9. The number of rotatable bonds is 22. The van der Waals surface area contributed by atoms with Gasteiger partial charge in [0.15, 0.2) is 12.6 Å². The summed E-state index contributed by atoms with van der Waals surface area (Å²) in [6.07, 6.45) is -1.86. The van der Waals surface area contributed by atoms with Crippen LogP contribution in [0.15, 0.2) is 0 Å². The molecule has 41 heavy (non-hydrogen) atoms.